The molecule has 0 saturated heterocycles. The third kappa shape index (κ3) is 2.01. The van der Waals surface area contributed by atoms with Gasteiger partial charge in [-0.1, -0.05) is 11.6 Å². The summed E-state index contributed by atoms with van der Waals surface area (Å²) in [4.78, 5) is 13.3. The number of hydrogen-bond donors (Lipinski definition) is 0. The van der Waals surface area contributed by atoms with E-state index in [1.54, 1.807) is 11.8 Å². The Labute approximate surface area is 105 Å². The van der Waals surface area contributed by atoms with E-state index in [4.69, 9.17) is 5.26 Å². The molecule has 0 atom stereocenters. The lowest BCUT2D eigenvalue weighted by Gasteiger charge is -2.32. The molecule has 2 nitrogen and oxygen atoms in total. The van der Waals surface area contributed by atoms with Gasteiger partial charge in [-0.3, -0.25) is 4.79 Å². The summed E-state index contributed by atoms with van der Waals surface area (Å²) in [5, 5.41) is 8.78. The molecule has 0 spiro atoms. The first-order chi connectivity index (χ1) is 7.95. The first-order valence-electron chi connectivity index (χ1n) is 5.40. The van der Waals surface area contributed by atoms with E-state index in [9.17, 15) is 4.79 Å². The Bertz CT molecular complexity index is 564. The first kappa shape index (κ1) is 11.9. The third-order valence-electron chi connectivity index (χ3n) is 2.85. The Morgan fingerprint density at radius 2 is 2.12 bits per heavy atom. The quantitative estimate of drug-likeness (QED) is 0.517. The minimum atomic E-state index is -0.338. The van der Waals surface area contributed by atoms with Crippen LogP contribution in [0.5, 0.6) is 0 Å². The van der Waals surface area contributed by atoms with Crippen LogP contribution in [-0.4, -0.2) is 10.5 Å². The minimum Gasteiger partial charge on any atom is -0.289 e. The molecule has 0 unspecified atom stereocenters. The maximum absolute atomic E-state index is 12.3. The molecule has 17 heavy (non-hydrogen) atoms. The molecule has 0 bridgehead atoms. The Hall–Kier alpha value is -1.53. The normalized spacial score (nSPS) is 19.9. The fourth-order valence-corrected chi connectivity index (χ4v) is 3.17. The van der Waals surface area contributed by atoms with Crippen molar-refractivity contribution >= 4 is 17.5 Å². The molecule has 1 aromatic carbocycles. The van der Waals surface area contributed by atoms with Gasteiger partial charge in [-0.05, 0) is 32.9 Å². The fourth-order valence-electron chi connectivity index (χ4n) is 1.96. The zero-order chi connectivity index (χ0) is 12.6. The molecule has 1 aliphatic rings. The number of fused-ring (bicyclic) bond motifs is 1. The van der Waals surface area contributed by atoms with Crippen molar-refractivity contribution < 1.29 is 4.79 Å². The smallest absolute Gasteiger partial charge is 0.192 e. The van der Waals surface area contributed by atoms with Gasteiger partial charge in [0, 0.05) is 26.9 Å². The number of ketones is 1. The number of benzene rings is 1. The summed E-state index contributed by atoms with van der Waals surface area (Å²) in [5.74, 6) is -0.0194. The van der Waals surface area contributed by atoms with E-state index >= 15 is 0 Å². The maximum Gasteiger partial charge on any atom is 0.192 e. The molecule has 86 valence electrons. The molecule has 0 radical (unpaired) electrons. The third-order valence-corrected chi connectivity index (χ3v) is 4.15. The number of thioether (sulfide) groups is 1. The standard InChI is InChI=1S/C14H13NOS/c1-9-4-5-12-10(8-9)13(16)11(6-7-15)14(2,3)17-12/h4-6,8H,1-3H3/b11-6-. The lowest BCUT2D eigenvalue weighted by Crippen LogP contribution is -2.29. The molecule has 1 aliphatic heterocycles. The number of nitriles is 1. The molecule has 0 fully saturated rings. The van der Waals surface area contributed by atoms with Gasteiger partial charge >= 0.3 is 0 Å². The Balaban J connectivity index is 2.63. The van der Waals surface area contributed by atoms with E-state index in [1.807, 2.05) is 45.0 Å². The van der Waals surface area contributed by atoms with Gasteiger partial charge in [-0.25, -0.2) is 0 Å². The van der Waals surface area contributed by atoms with Gasteiger partial charge in [-0.2, -0.15) is 5.26 Å². The summed E-state index contributed by atoms with van der Waals surface area (Å²) in [7, 11) is 0. The van der Waals surface area contributed by atoms with Crippen molar-refractivity contribution in [1.29, 1.82) is 5.26 Å². The highest BCUT2D eigenvalue weighted by Gasteiger charge is 2.36. The predicted octanol–water partition coefficient (Wildman–Crippen LogP) is 3.51. The van der Waals surface area contributed by atoms with E-state index in [0.29, 0.717) is 5.57 Å². The molecule has 0 N–H and O–H groups in total. The van der Waals surface area contributed by atoms with E-state index in [0.717, 1.165) is 16.0 Å². The van der Waals surface area contributed by atoms with E-state index in [2.05, 4.69) is 0 Å². The van der Waals surface area contributed by atoms with Crippen molar-refractivity contribution in [3.63, 3.8) is 0 Å². The summed E-state index contributed by atoms with van der Waals surface area (Å²) in [5.41, 5.74) is 2.37. The molecule has 1 aromatic rings. The number of carbonyl (C=O) groups excluding carboxylic acids is 1. The van der Waals surface area contributed by atoms with Gasteiger partial charge in [0.25, 0.3) is 0 Å². The number of allylic oxidation sites excluding steroid dienone is 1. The SMILES string of the molecule is Cc1ccc2c(c1)C(=O)/C(=C/C#N)C(C)(C)S2. The lowest BCUT2D eigenvalue weighted by molar-refractivity contribution is 0.102. The monoisotopic (exact) mass is 243 g/mol. The van der Waals surface area contributed by atoms with Gasteiger partial charge in [-0.15, -0.1) is 11.8 Å². The van der Waals surface area contributed by atoms with Crippen molar-refractivity contribution in [2.45, 2.75) is 30.4 Å². The van der Waals surface area contributed by atoms with Crippen LogP contribution >= 0.6 is 11.8 Å². The lowest BCUT2D eigenvalue weighted by atomic mass is 9.92. The van der Waals surface area contributed by atoms with E-state index in [1.165, 1.54) is 6.08 Å². The second-order valence-electron chi connectivity index (χ2n) is 4.63. The van der Waals surface area contributed by atoms with Crippen molar-refractivity contribution in [3.05, 3.63) is 41.0 Å². The average molecular weight is 243 g/mol. The summed E-state index contributed by atoms with van der Waals surface area (Å²) in [6.07, 6.45) is 1.38. The van der Waals surface area contributed by atoms with Crippen LogP contribution in [0.1, 0.15) is 29.8 Å². The molecular weight excluding hydrogens is 230 g/mol. The predicted molar refractivity (Wildman–Crippen MR) is 69.1 cm³/mol. The van der Waals surface area contributed by atoms with E-state index < -0.39 is 0 Å². The molecule has 0 saturated carbocycles. The largest absolute Gasteiger partial charge is 0.289 e. The molecule has 0 aromatic heterocycles. The van der Waals surface area contributed by atoms with Crippen molar-refractivity contribution in [3.8, 4) is 6.07 Å². The van der Waals surface area contributed by atoms with Gasteiger partial charge in [0.15, 0.2) is 5.78 Å². The molecule has 0 aliphatic carbocycles. The van der Waals surface area contributed by atoms with E-state index in [-0.39, 0.29) is 10.5 Å². The number of aryl methyl sites for hydroxylation is 1. The Kier molecular flexibility index (Phi) is 2.84. The number of carbonyl (C=O) groups is 1. The van der Waals surface area contributed by atoms with Gasteiger partial charge in [0.1, 0.15) is 0 Å². The van der Waals surface area contributed by atoms with Gasteiger partial charge in [0.2, 0.25) is 0 Å². The Morgan fingerprint density at radius 1 is 1.41 bits per heavy atom. The van der Waals surface area contributed by atoms with Crippen LogP contribution in [0.2, 0.25) is 0 Å². The summed E-state index contributed by atoms with van der Waals surface area (Å²) >= 11 is 1.63. The molecule has 3 heteroatoms. The first-order valence-corrected chi connectivity index (χ1v) is 6.22. The van der Waals surface area contributed by atoms with Crippen molar-refractivity contribution in [2.24, 2.45) is 0 Å². The molecular formula is C14H13NOS. The number of Topliss-reactive ketones (excluding diaryl/α,β-unsaturated/α-hetero) is 1. The zero-order valence-electron chi connectivity index (χ0n) is 10.1. The number of hydrogen-bond acceptors (Lipinski definition) is 3. The Morgan fingerprint density at radius 3 is 2.76 bits per heavy atom. The van der Waals surface area contributed by atoms with Crippen molar-refractivity contribution in [1.82, 2.24) is 0 Å². The average Bonchev–Trinajstić information content (AvgIpc) is 2.25. The van der Waals surface area contributed by atoms with Crippen LogP contribution in [0.3, 0.4) is 0 Å². The van der Waals surface area contributed by atoms with Crippen LogP contribution in [0.4, 0.5) is 0 Å². The van der Waals surface area contributed by atoms with Crippen LogP contribution < -0.4 is 0 Å². The summed E-state index contributed by atoms with van der Waals surface area (Å²) in [6, 6.07) is 7.86. The molecule has 1 heterocycles. The van der Waals surface area contributed by atoms with Crippen LogP contribution in [-0.2, 0) is 0 Å². The zero-order valence-corrected chi connectivity index (χ0v) is 10.9. The highest BCUT2D eigenvalue weighted by Crippen LogP contribution is 2.45. The van der Waals surface area contributed by atoms with Gasteiger partial charge in [0.05, 0.1) is 6.07 Å². The molecule has 0 amide bonds. The maximum atomic E-state index is 12.3. The highest BCUT2D eigenvalue weighted by molar-refractivity contribution is 8.01. The number of nitrogens with zero attached hydrogens (tertiary/aromatic N) is 1. The second-order valence-corrected chi connectivity index (χ2v) is 6.29. The van der Waals surface area contributed by atoms with Crippen LogP contribution in [0, 0.1) is 18.3 Å². The minimum absolute atomic E-state index is 0.0194. The number of rotatable bonds is 0. The molecule has 2 rings (SSSR count). The van der Waals surface area contributed by atoms with Crippen molar-refractivity contribution in [2.75, 3.05) is 0 Å². The highest BCUT2D eigenvalue weighted by atomic mass is 32.2. The summed E-state index contributed by atoms with van der Waals surface area (Å²) in [6.45, 7) is 5.91. The van der Waals surface area contributed by atoms with Gasteiger partial charge < -0.3 is 0 Å². The fraction of sp³-hybridized carbons (Fsp3) is 0.286. The topological polar surface area (TPSA) is 40.9 Å². The summed E-state index contributed by atoms with van der Waals surface area (Å²) < 4.78 is -0.338. The van der Waals surface area contributed by atoms with Crippen LogP contribution in [0.25, 0.3) is 0 Å². The second kappa shape index (κ2) is 4.05. The van der Waals surface area contributed by atoms with Crippen LogP contribution in [0.15, 0.2) is 34.7 Å².